The van der Waals surface area contributed by atoms with Crippen molar-refractivity contribution in [3.05, 3.63) is 52.4 Å². The monoisotopic (exact) mass is 289 g/mol. The molecule has 0 fully saturated rings. The predicted octanol–water partition coefficient (Wildman–Crippen LogP) is 4.20. The molecule has 1 aromatic heterocycles. The normalized spacial score (nSPS) is 11.8. The fraction of sp³-hybridized carbons (Fsp3) is 0.143. The molecule has 2 nitrogen and oxygen atoms in total. The van der Waals surface area contributed by atoms with Crippen LogP contribution in [0.5, 0.6) is 0 Å². The van der Waals surface area contributed by atoms with Gasteiger partial charge in [-0.2, -0.15) is 0 Å². The number of hydrogen-bond donors (Lipinski definition) is 1. The lowest BCUT2D eigenvalue weighted by atomic mass is 10.2. The highest BCUT2D eigenvalue weighted by Crippen LogP contribution is 2.23. The van der Waals surface area contributed by atoms with Crippen LogP contribution in [0, 0.1) is 12.3 Å². The third kappa shape index (κ3) is 2.92. The molecule has 1 aromatic carbocycles. The fourth-order valence-electron chi connectivity index (χ4n) is 1.58. The molecular formula is C14H12BrNO. The molecule has 1 atom stereocenters. The van der Waals surface area contributed by atoms with Crippen molar-refractivity contribution < 1.29 is 4.42 Å². The minimum atomic E-state index is 0.0920. The zero-order valence-corrected chi connectivity index (χ0v) is 11.0. The first-order valence-electron chi connectivity index (χ1n) is 5.27. The van der Waals surface area contributed by atoms with Gasteiger partial charge in [-0.3, -0.25) is 0 Å². The van der Waals surface area contributed by atoms with Crippen molar-refractivity contribution in [3.63, 3.8) is 0 Å². The molecule has 0 aliphatic carbocycles. The molecule has 0 amide bonds. The average molecular weight is 290 g/mol. The molecule has 1 heterocycles. The zero-order valence-electron chi connectivity index (χ0n) is 9.41. The first-order valence-corrected chi connectivity index (χ1v) is 6.07. The molecule has 0 radical (unpaired) electrons. The van der Waals surface area contributed by atoms with Crippen molar-refractivity contribution >= 4 is 21.6 Å². The summed E-state index contributed by atoms with van der Waals surface area (Å²) >= 11 is 3.29. The lowest BCUT2D eigenvalue weighted by Crippen LogP contribution is -2.05. The van der Waals surface area contributed by atoms with E-state index in [2.05, 4.69) is 27.2 Å². The summed E-state index contributed by atoms with van der Waals surface area (Å²) in [4.78, 5) is 0. The third-order valence-electron chi connectivity index (χ3n) is 2.43. The Morgan fingerprint density at radius 1 is 1.35 bits per heavy atom. The maximum Gasteiger partial charge on any atom is 0.169 e. The SMILES string of the molecule is C#Cc1cccc(NC(C)c2ccc(Br)o2)c1. The number of halogens is 1. The second kappa shape index (κ2) is 5.11. The van der Waals surface area contributed by atoms with Crippen LogP contribution in [0.4, 0.5) is 5.69 Å². The van der Waals surface area contributed by atoms with Gasteiger partial charge in [0, 0.05) is 11.3 Å². The highest BCUT2D eigenvalue weighted by atomic mass is 79.9. The van der Waals surface area contributed by atoms with Crippen LogP contribution >= 0.6 is 15.9 Å². The van der Waals surface area contributed by atoms with Crippen molar-refractivity contribution in [2.75, 3.05) is 5.32 Å². The molecule has 0 saturated heterocycles. The van der Waals surface area contributed by atoms with E-state index in [9.17, 15) is 0 Å². The van der Waals surface area contributed by atoms with Crippen LogP contribution in [0.1, 0.15) is 24.3 Å². The molecule has 0 aliphatic heterocycles. The standard InChI is InChI=1S/C14H12BrNO/c1-3-11-5-4-6-12(9-11)16-10(2)13-7-8-14(15)17-13/h1,4-10,16H,2H3. The van der Waals surface area contributed by atoms with E-state index in [1.807, 2.05) is 43.3 Å². The third-order valence-corrected chi connectivity index (χ3v) is 2.86. The van der Waals surface area contributed by atoms with Gasteiger partial charge < -0.3 is 9.73 Å². The number of terminal acetylenes is 1. The molecular weight excluding hydrogens is 278 g/mol. The van der Waals surface area contributed by atoms with Gasteiger partial charge in [-0.25, -0.2) is 0 Å². The van der Waals surface area contributed by atoms with E-state index in [0.29, 0.717) is 0 Å². The van der Waals surface area contributed by atoms with Crippen molar-refractivity contribution in [1.29, 1.82) is 0 Å². The van der Waals surface area contributed by atoms with E-state index in [4.69, 9.17) is 10.8 Å². The Morgan fingerprint density at radius 3 is 2.82 bits per heavy atom. The average Bonchev–Trinajstić information content (AvgIpc) is 2.76. The van der Waals surface area contributed by atoms with Gasteiger partial charge in [-0.05, 0) is 53.2 Å². The maximum atomic E-state index is 5.49. The molecule has 86 valence electrons. The Labute approximate surface area is 109 Å². The smallest absolute Gasteiger partial charge is 0.169 e. The largest absolute Gasteiger partial charge is 0.452 e. The fourth-order valence-corrected chi connectivity index (χ4v) is 1.90. The van der Waals surface area contributed by atoms with E-state index in [-0.39, 0.29) is 6.04 Å². The molecule has 1 unspecified atom stereocenters. The van der Waals surface area contributed by atoms with Crippen LogP contribution in [0.3, 0.4) is 0 Å². The number of furan rings is 1. The molecule has 0 bridgehead atoms. The van der Waals surface area contributed by atoms with Crippen LogP contribution in [0.2, 0.25) is 0 Å². The minimum absolute atomic E-state index is 0.0920. The van der Waals surface area contributed by atoms with E-state index >= 15 is 0 Å². The minimum Gasteiger partial charge on any atom is -0.452 e. The van der Waals surface area contributed by atoms with Gasteiger partial charge in [0.05, 0.1) is 6.04 Å². The molecule has 1 N–H and O–H groups in total. The Balaban J connectivity index is 2.13. The first-order chi connectivity index (χ1) is 8.19. The topological polar surface area (TPSA) is 25.2 Å². The molecule has 3 heteroatoms. The number of hydrogen-bond acceptors (Lipinski definition) is 2. The Hall–Kier alpha value is -1.66. The van der Waals surface area contributed by atoms with Crippen LogP contribution in [-0.4, -0.2) is 0 Å². The summed E-state index contributed by atoms with van der Waals surface area (Å²) in [6.07, 6.45) is 5.36. The summed E-state index contributed by atoms with van der Waals surface area (Å²) in [5, 5.41) is 3.34. The van der Waals surface area contributed by atoms with Gasteiger partial charge in [0.1, 0.15) is 5.76 Å². The summed E-state index contributed by atoms with van der Waals surface area (Å²) in [5.41, 5.74) is 1.85. The Morgan fingerprint density at radius 2 is 2.18 bits per heavy atom. The quantitative estimate of drug-likeness (QED) is 0.857. The predicted molar refractivity (Wildman–Crippen MR) is 72.8 cm³/mol. The maximum absolute atomic E-state index is 5.49. The van der Waals surface area contributed by atoms with Crippen LogP contribution in [0.15, 0.2) is 45.5 Å². The number of rotatable bonds is 3. The van der Waals surface area contributed by atoms with Crippen molar-refractivity contribution in [2.24, 2.45) is 0 Å². The second-order valence-electron chi connectivity index (χ2n) is 3.73. The van der Waals surface area contributed by atoms with Gasteiger partial charge in [-0.15, -0.1) is 6.42 Å². The molecule has 0 spiro atoms. The van der Waals surface area contributed by atoms with Crippen molar-refractivity contribution in [2.45, 2.75) is 13.0 Å². The summed E-state index contributed by atoms with van der Waals surface area (Å²) in [5.74, 6) is 3.49. The Kier molecular flexibility index (Phi) is 3.55. The van der Waals surface area contributed by atoms with Crippen LogP contribution < -0.4 is 5.32 Å². The highest BCUT2D eigenvalue weighted by Gasteiger charge is 2.09. The number of nitrogens with one attached hydrogen (secondary N) is 1. The summed E-state index contributed by atoms with van der Waals surface area (Å²) < 4.78 is 6.22. The number of anilines is 1. The second-order valence-corrected chi connectivity index (χ2v) is 4.51. The van der Waals surface area contributed by atoms with Crippen LogP contribution in [0.25, 0.3) is 0 Å². The lowest BCUT2D eigenvalue weighted by molar-refractivity contribution is 0.471. The summed E-state index contributed by atoms with van der Waals surface area (Å²) in [6, 6.07) is 11.7. The van der Waals surface area contributed by atoms with Gasteiger partial charge >= 0.3 is 0 Å². The highest BCUT2D eigenvalue weighted by molar-refractivity contribution is 9.10. The van der Waals surface area contributed by atoms with Crippen molar-refractivity contribution in [1.82, 2.24) is 0 Å². The van der Waals surface area contributed by atoms with Gasteiger partial charge in [0.2, 0.25) is 0 Å². The van der Waals surface area contributed by atoms with E-state index < -0.39 is 0 Å². The number of benzene rings is 1. The molecule has 0 aliphatic rings. The molecule has 17 heavy (non-hydrogen) atoms. The van der Waals surface area contributed by atoms with Crippen molar-refractivity contribution in [3.8, 4) is 12.3 Å². The first kappa shape index (κ1) is 11.8. The van der Waals surface area contributed by atoms with E-state index in [1.54, 1.807) is 0 Å². The molecule has 2 rings (SSSR count). The van der Waals surface area contributed by atoms with Gasteiger partial charge in [0.25, 0.3) is 0 Å². The lowest BCUT2D eigenvalue weighted by Gasteiger charge is -2.13. The summed E-state index contributed by atoms with van der Waals surface area (Å²) in [7, 11) is 0. The zero-order chi connectivity index (χ0) is 12.3. The van der Waals surface area contributed by atoms with E-state index in [0.717, 1.165) is 21.7 Å². The Bertz CT molecular complexity index is 553. The van der Waals surface area contributed by atoms with Gasteiger partial charge in [-0.1, -0.05) is 12.0 Å². The molecule has 0 saturated carbocycles. The molecule has 2 aromatic rings. The summed E-state index contributed by atoms with van der Waals surface area (Å²) in [6.45, 7) is 2.04. The van der Waals surface area contributed by atoms with Gasteiger partial charge in [0.15, 0.2) is 4.67 Å². The van der Waals surface area contributed by atoms with Crippen LogP contribution in [-0.2, 0) is 0 Å². The van der Waals surface area contributed by atoms with E-state index in [1.165, 1.54) is 0 Å².